The van der Waals surface area contributed by atoms with E-state index in [1.165, 1.54) is 30.0 Å². The highest BCUT2D eigenvalue weighted by Crippen LogP contribution is 2.33. The number of carbonyl (C=O) groups is 3. The Bertz CT molecular complexity index is 590. The summed E-state index contributed by atoms with van der Waals surface area (Å²) in [6.07, 6.45) is 0.248. The van der Waals surface area contributed by atoms with Gasteiger partial charge < -0.3 is 10.0 Å². The summed E-state index contributed by atoms with van der Waals surface area (Å²) in [5, 5.41) is 9.13. The number of thioether (sulfide) groups is 1. The Hall–Kier alpha value is -1.53. The molecule has 1 saturated heterocycles. The van der Waals surface area contributed by atoms with Gasteiger partial charge in [0.05, 0.1) is 16.3 Å². The van der Waals surface area contributed by atoms with Crippen molar-refractivity contribution in [1.82, 2.24) is 0 Å². The molecular weight excluding hydrogens is 302 g/mol. The normalized spacial score (nSPS) is 18.4. The number of halogens is 1. The summed E-state index contributed by atoms with van der Waals surface area (Å²) in [6, 6.07) is 4.22. The SMILES string of the molecule is CC(=O)SC1CC(=O)N(c2cc(C(=O)O)ccc2Cl)C1. The summed E-state index contributed by atoms with van der Waals surface area (Å²) in [4.78, 5) is 35.5. The molecule has 1 unspecified atom stereocenters. The van der Waals surface area contributed by atoms with Crippen molar-refractivity contribution >= 4 is 46.0 Å². The molecule has 0 radical (unpaired) electrons. The molecule has 20 heavy (non-hydrogen) atoms. The van der Waals surface area contributed by atoms with Gasteiger partial charge in [-0.15, -0.1) is 0 Å². The molecule has 7 heteroatoms. The van der Waals surface area contributed by atoms with Crippen LogP contribution in [-0.2, 0) is 9.59 Å². The zero-order valence-corrected chi connectivity index (χ0v) is 12.2. The zero-order valence-electron chi connectivity index (χ0n) is 10.6. The molecule has 0 bridgehead atoms. The fraction of sp³-hybridized carbons (Fsp3) is 0.308. The highest BCUT2D eigenvalue weighted by atomic mass is 35.5. The smallest absolute Gasteiger partial charge is 0.335 e. The average molecular weight is 314 g/mol. The van der Waals surface area contributed by atoms with Crippen molar-refractivity contribution in [2.75, 3.05) is 11.4 Å². The quantitative estimate of drug-likeness (QED) is 0.927. The fourth-order valence-electron chi connectivity index (χ4n) is 2.07. The molecule has 0 aliphatic carbocycles. The molecule has 5 nitrogen and oxygen atoms in total. The van der Waals surface area contributed by atoms with Crippen LogP contribution in [0.2, 0.25) is 5.02 Å². The molecule has 1 N–H and O–H groups in total. The van der Waals surface area contributed by atoms with Crippen LogP contribution in [-0.4, -0.2) is 33.9 Å². The minimum absolute atomic E-state index is 0.0463. The van der Waals surface area contributed by atoms with E-state index < -0.39 is 5.97 Å². The Morgan fingerprint density at radius 1 is 1.45 bits per heavy atom. The van der Waals surface area contributed by atoms with Gasteiger partial charge in [-0.3, -0.25) is 9.59 Å². The van der Waals surface area contributed by atoms with E-state index in [2.05, 4.69) is 0 Å². The van der Waals surface area contributed by atoms with Gasteiger partial charge in [0, 0.05) is 25.1 Å². The number of aromatic carboxylic acids is 1. The van der Waals surface area contributed by atoms with Crippen molar-refractivity contribution in [2.24, 2.45) is 0 Å². The highest BCUT2D eigenvalue weighted by molar-refractivity contribution is 8.14. The number of hydrogen-bond donors (Lipinski definition) is 1. The predicted molar refractivity (Wildman–Crippen MR) is 77.4 cm³/mol. The lowest BCUT2D eigenvalue weighted by Gasteiger charge is -2.18. The summed E-state index contributed by atoms with van der Waals surface area (Å²) < 4.78 is 0. The van der Waals surface area contributed by atoms with E-state index in [-0.39, 0.29) is 28.3 Å². The van der Waals surface area contributed by atoms with Crippen molar-refractivity contribution in [3.63, 3.8) is 0 Å². The Labute approximate surface area is 124 Å². The predicted octanol–water partition coefficient (Wildman–Crippen LogP) is 2.42. The number of rotatable bonds is 3. The van der Waals surface area contributed by atoms with Gasteiger partial charge in [0.1, 0.15) is 0 Å². The van der Waals surface area contributed by atoms with Gasteiger partial charge in [-0.2, -0.15) is 0 Å². The van der Waals surface area contributed by atoms with Gasteiger partial charge in [0.15, 0.2) is 5.12 Å². The van der Waals surface area contributed by atoms with Crippen LogP contribution in [0.25, 0.3) is 0 Å². The van der Waals surface area contributed by atoms with Gasteiger partial charge in [-0.05, 0) is 18.2 Å². The summed E-state index contributed by atoms with van der Waals surface area (Å²) in [5.74, 6) is -1.24. The monoisotopic (exact) mass is 313 g/mol. The summed E-state index contributed by atoms with van der Waals surface area (Å²) >= 11 is 7.16. The third-order valence-corrected chi connectivity index (χ3v) is 4.21. The van der Waals surface area contributed by atoms with E-state index in [1.54, 1.807) is 0 Å². The molecule has 1 aromatic rings. The molecule has 0 spiro atoms. The van der Waals surface area contributed by atoms with Gasteiger partial charge in [-0.25, -0.2) is 4.79 Å². The molecule has 106 valence electrons. The summed E-state index contributed by atoms with van der Waals surface area (Å²) in [6.45, 7) is 1.81. The zero-order chi connectivity index (χ0) is 14.9. The number of carbonyl (C=O) groups excluding carboxylic acids is 2. The second kappa shape index (κ2) is 5.85. The minimum Gasteiger partial charge on any atom is -0.478 e. The molecule has 1 fully saturated rings. The van der Waals surface area contributed by atoms with Crippen molar-refractivity contribution in [1.29, 1.82) is 0 Å². The lowest BCUT2D eigenvalue weighted by atomic mass is 10.2. The van der Waals surface area contributed by atoms with Gasteiger partial charge in [0.25, 0.3) is 0 Å². The van der Waals surface area contributed by atoms with Gasteiger partial charge in [-0.1, -0.05) is 23.4 Å². The average Bonchev–Trinajstić information content (AvgIpc) is 2.69. The van der Waals surface area contributed by atoms with E-state index in [0.717, 1.165) is 11.8 Å². The fourth-order valence-corrected chi connectivity index (χ4v) is 3.21. The van der Waals surface area contributed by atoms with Crippen molar-refractivity contribution in [3.05, 3.63) is 28.8 Å². The largest absolute Gasteiger partial charge is 0.478 e. The number of anilines is 1. The number of hydrogen-bond acceptors (Lipinski definition) is 4. The standard InChI is InChI=1S/C13H12ClNO4S/c1-7(16)20-9-5-12(17)15(6-9)11-4-8(13(18)19)2-3-10(11)14/h2-4,9H,5-6H2,1H3,(H,18,19). The Morgan fingerprint density at radius 2 is 2.15 bits per heavy atom. The second-order valence-electron chi connectivity index (χ2n) is 4.41. The first kappa shape index (κ1) is 14.9. The minimum atomic E-state index is -1.08. The van der Waals surface area contributed by atoms with E-state index >= 15 is 0 Å². The molecular formula is C13H12ClNO4S. The number of amides is 1. The van der Waals surface area contributed by atoms with Crippen LogP contribution in [0.4, 0.5) is 5.69 Å². The molecule has 0 aromatic heterocycles. The van der Waals surface area contributed by atoms with E-state index in [0.29, 0.717) is 17.3 Å². The Kier molecular flexibility index (Phi) is 4.35. The lowest BCUT2D eigenvalue weighted by molar-refractivity contribution is -0.117. The summed E-state index contributed by atoms with van der Waals surface area (Å²) in [5.41, 5.74) is 0.447. The van der Waals surface area contributed by atoms with Crippen LogP contribution < -0.4 is 4.90 Å². The van der Waals surface area contributed by atoms with Crippen LogP contribution in [0.5, 0.6) is 0 Å². The molecule has 1 aromatic carbocycles. The first-order valence-electron chi connectivity index (χ1n) is 5.89. The third-order valence-electron chi connectivity index (χ3n) is 2.91. The summed E-state index contributed by atoms with van der Waals surface area (Å²) in [7, 11) is 0. The maximum absolute atomic E-state index is 12.0. The highest BCUT2D eigenvalue weighted by Gasteiger charge is 2.33. The molecule has 2 rings (SSSR count). The van der Waals surface area contributed by atoms with Crippen LogP contribution in [0.1, 0.15) is 23.7 Å². The Morgan fingerprint density at radius 3 is 2.75 bits per heavy atom. The van der Waals surface area contributed by atoms with E-state index in [1.807, 2.05) is 0 Å². The van der Waals surface area contributed by atoms with Crippen LogP contribution in [0, 0.1) is 0 Å². The molecule has 1 heterocycles. The lowest BCUT2D eigenvalue weighted by Crippen LogP contribution is -2.25. The maximum atomic E-state index is 12.0. The first-order valence-corrected chi connectivity index (χ1v) is 7.14. The number of benzene rings is 1. The maximum Gasteiger partial charge on any atom is 0.335 e. The molecule has 1 atom stereocenters. The van der Waals surface area contributed by atoms with Crippen molar-refractivity contribution in [3.8, 4) is 0 Å². The van der Waals surface area contributed by atoms with Crippen LogP contribution in [0.3, 0.4) is 0 Å². The van der Waals surface area contributed by atoms with Gasteiger partial charge >= 0.3 is 5.97 Å². The van der Waals surface area contributed by atoms with Gasteiger partial charge in [0.2, 0.25) is 5.91 Å². The van der Waals surface area contributed by atoms with E-state index in [9.17, 15) is 14.4 Å². The topological polar surface area (TPSA) is 74.7 Å². The van der Waals surface area contributed by atoms with Crippen molar-refractivity contribution < 1.29 is 19.5 Å². The number of carboxylic acids is 1. The number of nitrogens with zero attached hydrogens (tertiary/aromatic N) is 1. The first-order chi connectivity index (χ1) is 9.38. The van der Waals surface area contributed by atoms with E-state index in [4.69, 9.17) is 16.7 Å². The van der Waals surface area contributed by atoms with Crippen LogP contribution >= 0.6 is 23.4 Å². The third kappa shape index (κ3) is 3.13. The second-order valence-corrected chi connectivity index (χ2v) is 6.30. The Balaban J connectivity index is 2.27. The molecule has 0 saturated carbocycles. The molecule has 1 aliphatic heterocycles. The van der Waals surface area contributed by atoms with Crippen molar-refractivity contribution in [2.45, 2.75) is 18.6 Å². The number of carboxylic acid groups (broad SMARTS) is 1. The molecule has 1 amide bonds. The molecule has 1 aliphatic rings. The van der Waals surface area contributed by atoms with Crippen LogP contribution in [0.15, 0.2) is 18.2 Å².